The maximum atomic E-state index is 8.74. The van der Waals surface area contributed by atoms with Crippen LogP contribution < -0.4 is 51.4 Å². The van der Waals surface area contributed by atoms with E-state index in [4.69, 9.17) is 5.11 Å². The minimum absolute atomic E-state index is 0. The number of nitrogens with zero attached hydrogens (tertiary/aromatic N) is 1. The summed E-state index contributed by atoms with van der Waals surface area (Å²) in [7, 11) is 0. The van der Waals surface area contributed by atoms with Gasteiger partial charge in [0.05, 0.1) is 0 Å². The van der Waals surface area contributed by atoms with Gasteiger partial charge in [-0.2, -0.15) is 0 Å². The van der Waals surface area contributed by atoms with Crippen molar-refractivity contribution in [2.75, 3.05) is 26.2 Å². The molecule has 14 heavy (non-hydrogen) atoms. The van der Waals surface area contributed by atoms with Crippen LogP contribution in [0.4, 0.5) is 0 Å². The molecule has 0 atom stereocenters. The zero-order valence-corrected chi connectivity index (χ0v) is 13.4. The van der Waals surface area contributed by atoms with E-state index in [1.54, 1.807) is 0 Å². The zero-order valence-electron chi connectivity index (χ0n) is 11.3. The van der Waals surface area contributed by atoms with Crippen LogP contribution in [0.1, 0.15) is 47.4 Å². The standard InChI is InChI=1S/C11H25NO.K.H/c1-3-5-8-12(9-6-4-2)10-7-11-13;;/h13H,3-11H2,1-2H3;;/q;+1;-1. The molecule has 0 bridgehead atoms. The van der Waals surface area contributed by atoms with Crippen molar-refractivity contribution in [2.24, 2.45) is 0 Å². The fourth-order valence-corrected chi connectivity index (χ4v) is 1.39. The molecule has 0 aromatic rings. The van der Waals surface area contributed by atoms with Crippen molar-refractivity contribution in [3.63, 3.8) is 0 Å². The Morgan fingerprint density at radius 3 is 1.71 bits per heavy atom. The predicted molar refractivity (Wildman–Crippen MR) is 59.1 cm³/mol. The first-order chi connectivity index (χ1) is 6.35. The average molecular weight is 227 g/mol. The topological polar surface area (TPSA) is 23.5 Å². The Labute approximate surface area is 133 Å². The summed E-state index contributed by atoms with van der Waals surface area (Å²) in [5, 5.41) is 8.74. The van der Waals surface area contributed by atoms with E-state index in [2.05, 4.69) is 18.7 Å². The Hall–Kier alpha value is 1.56. The van der Waals surface area contributed by atoms with Crippen LogP contribution in [0, 0.1) is 0 Å². The molecule has 0 radical (unpaired) electrons. The van der Waals surface area contributed by atoms with Gasteiger partial charge in [-0.25, -0.2) is 0 Å². The fraction of sp³-hybridized carbons (Fsp3) is 1.00. The fourth-order valence-electron chi connectivity index (χ4n) is 1.39. The first kappa shape index (κ1) is 17.9. The molecule has 2 nitrogen and oxygen atoms in total. The van der Waals surface area contributed by atoms with Crippen LogP contribution in [0.2, 0.25) is 0 Å². The van der Waals surface area contributed by atoms with Crippen LogP contribution in [0.15, 0.2) is 0 Å². The molecule has 0 spiro atoms. The molecule has 0 aromatic carbocycles. The van der Waals surface area contributed by atoms with E-state index >= 15 is 0 Å². The molecule has 0 heterocycles. The number of aliphatic hydroxyl groups is 1. The molecule has 0 aromatic heterocycles. The molecule has 0 fully saturated rings. The summed E-state index contributed by atoms with van der Waals surface area (Å²) < 4.78 is 0. The minimum atomic E-state index is 0. The van der Waals surface area contributed by atoms with Crippen LogP contribution in [0.25, 0.3) is 0 Å². The van der Waals surface area contributed by atoms with Crippen molar-refractivity contribution < 1.29 is 57.9 Å². The number of aliphatic hydroxyl groups excluding tert-OH is 1. The third kappa shape index (κ3) is 11.6. The van der Waals surface area contributed by atoms with E-state index in [9.17, 15) is 0 Å². The quantitative estimate of drug-likeness (QED) is 0.531. The van der Waals surface area contributed by atoms with Crippen molar-refractivity contribution in [1.29, 1.82) is 0 Å². The van der Waals surface area contributed by atoms with Gasteiger partial charge in [0.2, 0.25) is 0 Å². The van der Waals surface area contributed by atoms with Gasteiger partial charge in [0, 0.05) is 13.2 Å². The minimum Gasteiger partial charge on any atom is -1.00 e. The van der Waals surface area contributed by atoms with Gasteiger partial charge < -0.3 is 11.4 Å². The van der Waals surface area contributed by atoms with E-state index in [1.165, 1.54) is 38.8 Å². The summed E-state index contributed by atoms with van der Waals surface area (Å²) in [4.78, 5) is 2.48. The van der Waals surface area contributed by atoms with Gasteiger partial charge in [0.1, 0.15) is 0 Å². The van der Waals surface area contributed by atoms with Crippen molar-refractivity contribution >= 4 is 0 Å². The Morgan fingerprint density at radius 1 is 0.929 bits per heavy atom. The van der Waals surface area contributed by atoms with Crippen LogP contribution in [0.5, 0.6) is 0 Å². The smallest absolute Gasteiger partial charge is 1.00 e. The molecule has 0 aliphatic carbocycles. The van der Waals surface area contributed by atoms with Gasteiger partial charge in [0.15, 0.2) is 0 Å². The van der Waals surface area contributed by atoms with Crippen LogP contribution in [-0.4, -0.2) is 36.2 Å². The Morgan fingerprint density at radius 2 is 1.36 bits per heavy atom. The van der Waals surface area contributed by atoms with E-state index < -0.39 is 0 Å². The second-order valence-corrected chi connectivity index (χ2v) is 3.63. The number of hydrogen-bond donors (Lipinski definition) is 1. The van der Waals surface area contributed by atoms with Crippen LogP contribution >= 0.6 is 0 Å². The Balaban J connectivity index is -0.000000720. The van der Waals surface area contributed by atoms with Gasteiger partial charge in [-0.05, 0) is 32.4 Å². The predicted octanol–water partition coefficient (Wildman–Crippen LogP) is -0.612. The molecule has 1 N–H and O–H groups in total. The first-order valence-corrected chi connectivity index (χ1v) is 5.68. The maximum absolute atomic E-state index is 8.74. The van der Waals surface area contributed by atoms with E-state index in [0.29, 0.717) is 6.61 Å². The molecule has 0 saturated heterocycles. The van der Waals surface area contributed by atoms with Crippen LogP contribution in [0.3, 0.4) is 0 Å². The van der Waals surface area contributed by atoms with Crippen molar-refractivity contribution in [3.05, 3.63) is 0 Å². The van der Waals surface area contributed by atoms with Crippen molar-refractivity contribution in [2.45, 2.75) is 46.0 Å². The molecule has 0 amide bonds. The molecule has 82 valence electrons. The van der Waals surface area contributed by atoms with E-state index in [1.807, 2.05) is 0 Å². The van der Waals surface area contributed by atoms with Crippen LogP contribution in [-0.2, 0) is 0 Å². The molecule has 0 aliphatic rings. The third-order valence-corrected chi connectivity index (χ3v) is 2.29. The summed E-state index contributed by atoms with van der Waals surface area (Å²) >= 11 is 0. The van der Waals surface area contributed by atoms with Crippen molar-refractivity contribution in [1.82, 2.24) is 4.90 Å². The molecule has 0 aliphatic heterocycles. The molecular formula is C11H26KNO. The number of rotatable bonds is 9. The number of unbranched alkanes of at least 4 members (excludes halogenated alkanes) is 2. The van der Waals surface area contributed by atoms with Crippen molar-refractivity contribution in [3.8, 4) is 0 Å². The van der Waals surface area contributed by atoms with E-state index in [-0.39, 0.29) is 52.8 Å². The second kappa shape index (κ2) is 14.6. The third-order valence-electron chi connectivity index (χ3n) is 2.29. The summed E-state index contributed by atoms with van der Waals surface area (Å²) in [6, 6.07) is 0. The normalized spacial score (nSPS) is 10.3. The molecule has 0 rings (SSSR count). The van der Waals surface area contributed by atoms with E-state index in [0.717, 1.165) is 13.0 Å². The SMILES string of the molecule is CCCCN(CCCC)CCCO.[H-].[K+]. The molecule has 0 unspecified atom stereocenters. The summed E-state index contributed by atoms with van der Waals surface area (Å²) in [6.45, 7) is 8.26. The van der Waals surface area contributed by atoms with Gasteiger partial charge in [-0.15, -0.1) is 0 Å². The van der Waals surface area contributed by atoms with Gasteiger partial charge in [-0.3, -0.25) is 0 Å². The summed E-state index contributed by atoms with van der Waals surface area (Å²) in [5.41, 5.74) is 0. The molecule has 3 heteroatoms. The largest absolute Gasteiger partial charge is 1.00 e. The van der Waals surface area contributed by atoms with Gasteiger partial charge >= 0.3 is 51.4 Å². The average Bonchev–Trinajstić information content (AvgIpc) is 2.17. The first-order valence-electron chi connectivity index (χ1n) is 5.68. The summed E-state index contributed by atoms with van der Waals surface area (Å²) in [5.74, 6) is 0. The summed E-state index contributed by atoms with van der Waals surface area (Å²) in [6.07, 6.45) is 6.03. The number of hydrogen-bond acceptors (Lipinski definition) is 2. The maximum Gasteiger partial charge on any atom is 1.00 e. The monoisotopic (exact) mass is 227 g/mol. The second-order valence-electron chi connectivity index (χ2n) is 3.63. The Bertz CT molecular complexity index is 87.6. The zero-order chi connectivity index (χ0) is 9.94. The van der Waals surface area contributed by atoms with Gasteiger partial charge in [0.25, 0.3) is 0 Å². The molecule has 0 saturated carbocycles. The molecular weight excluding hydrogens is 201 g/mol. The Kier molecular flexibility index (Phi) is 18.6. The van der Waals surface area contributed by atoms with Gasteiger partial charge in [-0.1, -0.05) is 26.7 Å².